The van der Waals surface area contributed by atoms with Crippen molar-refractivity contribution in [2.24, 2.45) is 0 Å². The van der Waals surface area contributed by atoms with Crippen molar-refractivity contribution >= 4 is 6.08 Å². The quantitative estimate of drug-likeness (QED) is 0.551. The SMILES string of the molecule is Cc1cc2c(c(=O)o1)C=C[C@H]([C@H](OCc1ccccc1)[C@H](O)COCc1ccccc1)O2. The smallest absolute Gasteiger partial charge is 0.346 e. The first-order valence-corrected chi connectivity index (χ1v) is 10.5. The average Bonchev–Trinajstić information content (AvgIpc) is 2.80. The normalized spacial score (nSPS) is 16.8. The first-order chi connectivity index (χ1) is 15.6. The summed E-state index contributed by atoms with van der Waals surface area (Å²) in [5.41, 5.74) is 1.89. The van der Waals surface area contributed by atoms with Gasteiger partial charge in [-0.3, -0.25) is 0 Å². The van der Waals surface area contributed by atoms with E-state index in [1.165, 1.54) is 0 Å². The topological polar surface area (TPSA) is 78.1 Å². The van der Waals surface area contributed by atoms with Crippen molar-refractivity contribution in [2.45, 2.75) is 38.4 Å². The molecule has 6 heteroatoms. The Kier molecular flexibility index (Phi) is 7.17. The molecule has 2 aromatic carbocycles. The van der Waals surface area contributed by atoms with E-state index in [4.69, 9.17) is 18.6 Å². The molecule has 166 valence electrons. The van der Waals surface area contributed by atoms with Crippen molar-refractivity contribution in [3.05, 3.63) is 106 Å². The third-order valence-electron chi connectivity index (χ3n) is 5.18. The van der Waals surface area contributed by atoms with Gasteiger partial charge in [0.1, 0.15) is 35.4 Å². The van der Waals surface area contributed by atoms with E-state index in [2.05, 4.69) is 0 Å². The van der Waals surface area contributed by atoms with Crippen LogP contribution in [-0.2, 0) is 22.7 Å². The lowest BCUT2D eigenvalue weighted by molar-refractivity contribution is -0.111. The number of ether oxygens (including phenoxy) is 3. The van der Waals surface area contributed by atoms with Gasteiger partial charge < -0.3 is 23.7 Å². The van der Waals surface area contributed by atoms with Crippen LogP contribution in [0.5, 0.6) is 5.75 Å². The fraction of sp³-hybridized carbons (Fsp3) is 0.269. The summed E-state index contributed by atoms with van der Waals surface area (Å²) in [5.74, 6) is 0.869. The van der Waals surface area contributed by atoms with E-state index in [0.717, 1.165) is 11.1 Å². The minimum absolute atomic E-state index is 0.0743. The Morgan fingerprint density at radius 3 is 2.34 bits per heavy atom. The Morgan fingerprint density at radius 1 is 1.00 bits per heavy atom. The second-order valence-electron chi connectivity index (χ2n) is 7.69. The van der Waals surface area contributed by atoms with Crippen LogP contribution in [0.4, 0.5) is 0 Å². The summed E-state index contributed by atoms with van der Waals surface area (Å²) < 4.78 is 23.0. The standard InChI is InChI=1S/C26H26O6/c1-18-14-24-21(26(28)31-18)12-13-23(32-24)25(30-16-20-10-6-3-7-11-20)22(27)17-29-15-19-8-4-2-5-9-19/h2-14,22-23,25,27H,15-17H2,1H3/t22-,23-,25-/m1/s1. The molecule has 0 fully saturated rings. The molecule has 4 rings (SSSR count). The lowest BCUT2D eigenvalue weighted by Crippen LogP contribution is -2.45. The van der Waals surface area contributed by atoms with Gasteiger partial charge in [-0.2, -0.15) is 0 Å². The van der Waals surface area contributed by atoms with Gasteiger partial charge in [-0.1, -0.05) is 60.7 Å². The second-order valence-corrected chi connectivity index (χ2v) is 7.69. The van der Waals surface area contributed by atoms with E-state index in [1.54, 1.807) is 25.1 Å². The van der Waals surface area contributed by atoms with Crippen LogP contribution in [0.2, 0.25) is 0 Å². The van der Waals surface area contributed by atoms with Crippen LogP contribution in [0.3, 0.4) is 0 Å². The molecule has 3 aromatic rings. The Hall–Kier alpha value is -3.19. The highest BCUT2D eigenvalue weighted by Gasteiger charge is 2.32. The van der Waals surface area contributed by atoms with E-state index in [-0.39, 0.29) is 6.61 Å². The van der Waals surface area contributed by atoms with Crippen LogP contribution >= 0.6 is 0 Å². The van der Waals surface area contributed by atoms with Gasteiger partial charge in [-0.25, -0.2) is 4.79 Å². The van der Waals surface area contributed by atoms with Crippen LogP contribution in [0.1, 0.15) is 22.5 Å². The maximum atomic E-state index is 12.1. The Bertz CT molecular complexity index is 1090. The summed E-state index contributed by atoms with van der Waals surface area (Å²) in [6.45, 7) is 2.45. The Morgan fingerprint density at radius 2 is 1.66 bits per heavy atom. The second kappa shape index (κ2) is 10.4. The molecule has 0 aliphatic carbocycles. The van der Waals surface area contributed by atoms with Crippen molar-refractivity contribution < 1.29 is 23.7 Å². The molecule has 0 saturated heterocycles. The molecule has 0 bridgehead atoms. The molecule has 1 aliphatic rings. The zero-order valence-corrected chi connectivity index (χ0v) is 17.8. The summed E-state index contributed by atoms with van der Waals surface area (Å²) >= 11 is 0. The van der Waals surface area contributed by atoms with E-state index in [0.29, 0.717) is 30.3 Å². The number of aryl methyl sites for hydroxylation is 1. The summed E-state index contributed by atoms with van der Waals surface area (Å²) in [5, 5.41) is 10.9. The zero-order chi connectivity index (χ0) is 22.3. The molecule has 0 saturated carbocycles. The van der Waals surface area contributed by atoms with E-state index in [1.807, 2.05) is 60.7 Å². The number of benzene rings is 2. The van der Waals surface area contributed by atoms with Gasteiger partial charge in [0.15, 0.2) is 0 Å². The maximum absolute atomic E-state index is 12.1. The molecule has 0 radical (unpaired) electrons. The van der Waals surface area contributed by atoms with Crippen LogP contribution in [0, 0.1) is 6.92 Å². The highest BCUT2D eigenvalue weighted by atomic mass is 16.6. The first kappa shape index (κ1) is 22.0. The van der Waals surface area contributed by atoms with Crippen LogP contribution in [0.15, 0.2) is 82.0 Å². The highest BCUT2D eigenvalue weighted by Crippen LogP contribution is 2.27. The van der Waals surface area contributed by atoms with E-state index < -0.39 is 23.9 Å². The summed E-state index contributed by atoms with van der Waals surface area (Å²) in [7, 11) is 0. The van der Waals surface area contributed by atoms with E-state index >= 15 is 0 Å². The van der Waals surface area contributed by atoms with E-state index in [9.17, 15) is 9.90 Å². The summed E-state index contributed by atoms with van der Waals surface area (Å²) in [4.78, 5) is 12.1. The Labute approximate surface area is 186 Å². The first-order valence-electron chi connectivity index (χ1n) is 10.5. The molecule has 0 spiro atoms. The molecular weight excluding hydrogens is 408 g/mol. The van der Waals surface area contributed by atoms with Gasteiger partial charge in [0.25, 0.3) is 0 Å². The monoisotopic (exact) mass is 434 g/mol. The summed E-state index contributed by atoms with van der Waals surface area (Å²) in [6.07, 6.45) is 1.13. The minimum Gasteiger partial charge on any atom is -0.482 e. The number of hydrogen-bond donors (Lipinski definition) is 1. The molecule has 2 heterocycles. The lowest BCUT2D eigenvalue weighted by Gasteiger charge is -2.31. The molecule has 3 atom stereocenters. The summed E-state index contributed by atoms with van der Waals surface area (Å²) in [6, 6.07) is 21.1. The molecular formula is C26H26O6. The third kappa shape index (κ3) is 5.53. The molecule has 0 amide bonds. The molecule has 6 nitrogen and oxygen atoms in total. The van der Waals surface area contributed by atoms with Crippen LogP contribution < -0.4 is 10.4 Å². The molecule has 0 unspecified atom stereocenters. The number of aliphatic hydroxyl groups excluding tert-OH is 1. The van der Waals surface area contributed by atoms with Gasteiger partial charge in [-0.15, -0.1) is 0 Å². The molecule has 32 heavy (non-hydrogen) atoms. The van der Waals surface area contributed by atoms with Crippen molar-refractivity contribution in [1.82, 2.24) is 0 Å². The van der Waals surface area contributed by atoms with Crippen molar-refractivity contribution in [3.8, 4) is 5.75 Å². The number of rotatable bonds is 9. The number of fused-ring (bicyclic) bond motifs is 1. The van der Waals surface area contributed by atoms with Gasteiger partial charge in [-0.05, 0) is 30.2 Å². The van der Waals surface area contributed by atoms with Gasteiger partial charge in [0, 0.05) is 6.07 Å². The molecule has 1 aliphatic heterocycles. The molecule has 1 N–H and O–H groups in total. The highest BCUT2D eigenvalue weighted by molar-refractivity contribution is 5.58. The fourth-order valence-electron chi connectivity index (χ4n) is 3.55. The number of aliphatic hydroxyl groups is 1. The predicted octanol–water partition coefficient (Wildman–Crippen LogP) is 3.89. The zero-order valence-electron chi connectivity index (χ0n) is 17.8. The van der Waals surface area contributed by atoms with Crippen molar-refractivity contribution in [3.63, 3.8) is 0 Å². The van der Waals surface area contributed by atoms with Crippen molar-refractivity contribution in [2.75, 3.05) is 6.61 Å². The largest absolute Gasteiger partial charge is 0.482 e. The van der Waals surface area contributed by atoms with Crippen molar-refractivity contribution in [1.29, 1.82) is 0 Å². The Balaban J connectivity index is 1.47. The fourth-order valence-corrected chi connectivity index (χ4v) is 3.55. The molecule has 1 aromatic heterocycles. The van der Waals surface area contributed by atoms with Gasteiger partial charge >= 0.3 is 5.63 Å². The lowest BCUT2D eigenvalue weighted by atomic mass is 10.0. The minimum atomic E-state index is -0.945. The van der Waals surface area contributed by atoms with Gasteiger partial charge in [0.2, 0.25) is 0 Å². The van der Waals surface area contributed by atoms with Crippen LogP contribution in [-0.4, -0.2) is 30.0 Å². The van der Waals surface area contributed by atoms with Crippen LogP contribution in [0.25, 0.3) is 6.08 Å². The van der Waals surface area contributed by atoms with Gasteiger partial charge in [0.05, 0.1) is 19.8 Å². The predicted molar refractivity (Wildman–Crippen MR) is 120 cm³/mol. The third-order valence-corrected chi connectivity index (χ3v) is 5.18. The maximum Gasteiger partial charge on any atom is 0.346 e. The number of hydrogen-bond acceptors (Lipinski definition) is 6. The average molecular weight is 434 g/mol.